The fourth-order valence-corrected chi connectivity index (χ4v) is 1.46. The zero-order chi connectivity index (χ0) is 15.2. The van der Waals surface area contributed by atoms with Gasteiger partial charge in [0.25, 0.3) is 5.91 Å². The van der Waals surface area contributed by atoms with Gasteiger partial charge in [-0.3, -0.25) is 4.79 Å². The van der Waals surface area contributed by atoms with Gasteiger partial charge in [0.2, 0.25) is 0 Å². The summed E-state index contributed by atoms with van der Waals surface area (Å²) in [6.07, 6.45) is -0.397. The third kappa shape index (κ3) is 5.73. The summed E-state index contributed by atoms with van der Waals surface area (Å²) in [5.74, 6) is -0.150. The van der Waals surface area contributed by atoms with Gasteiger partial charge in [0.05, 0.1) is 0 Å². The van der Waals surface area contributed by atoms with Crippen molar-refractivity contribution in [3.05, 3.63) is 35.9 Å². The van der Waals surface area contributed by atoms with Crippen molar-refractivity contribution in [3.63, 3.8) is 0 Å². The van der Waals surface area contributed by atoms with E-state index in [1.807, 2.05) is 39.0 Å². The van der Waals surface area contributed by atoms with Gasteiger partial charge in [-0.15, -0.1) is 0 Å². The van der Waals surface area contributed by atoms with Gasteiger partial charge in [0.1, 0.15) is 5.60 Å². The number of hydrogen-bond donors (Lipinski definition) is 1. The molecule has 0 bridgehead atoms. The molecule has 0 fully saturated rings. The van der Waals surface area contributed by atoms with Gasteiger partial charge in [0, 0.05) is 25.7 Å². The molecule has 0 aliphatic rings. The van der Waals surface area contributed by atoms with E-state index in [4.69, 9.17) is 4.74 Å². The topological polar surface area (TPSA) is 58.6 Å². The van der Waals surface area contributed by atoms with Crippen molar-refractivity contribution in [2.45, 2.75) is 26.4 Å². The molecule has 1 N–H and O–H groups in total. The van der Waals surface area contributed by atoms with Crippen molar-refractivity contribution >= 4 is 12.0 Å². The van der Waals surface area contributed by atoms with E-state index in [1.165, 1.54) is 4.90 Å². The van der Waals surface area contributed by atoms with E-state index in [2.05, 4.69) is 5.32 Å². The number of nitrogens with zero attached hydrogens (tertiary/aromatic N) is 1. The first-order chi connectivity index (χ1) is 9.29. The minimum Gasteiger partial charge on any atom is -0.444 e. The molecule has 0 radical (unpaired) electrons. The molecule has 20 heavy (non-hydrogen) atoms. The monoisotopic (exact) mass is 278 g/mol. The Morgan fingerprint density at radius 3 is 2.35 bits per heavy atom. The predicted molar refractivity (Wildman–Crippen MR) is 77.6 cm³/mol. The smallest absolute Gasteiger partial charge is 0.410 e. The number of likely N-dealkylation sites (N-methyl/N-ethyl adjacent to an activating group) is 1. The Balaban J connectivity index is 2.34. The van der Waals surface area contributed by atoms with Crippen LogP contribution in [0.3, 0.4) is 0 Å². The fourth-order valence-electron chi connectivity index (χ4n) is 1.46. The van der Waals surface area contributed by atoms with Gasteiger partial charge < -0.3 is 15.0 Å². The molecule has 5 heteroatoms. The highest BCUT2D eigenvalue weighted by atomic mass is 16.6. The number of carbonyl (C=O) groups is 2. The first-order valence-electron chi connectivity index (χ1n) is 6.57. The standard InChI is InChI=1S/C15H22N2O3/c1-15(2,3)20-14(19)17(4)11-10-16-13(18)12-8-6-5-7-9-12/h5-9H,10-11H2,1-4H3,(H,16,18). The zero-order valence-corrected chi connectivity index (χ0v) is 12.5. The summed E-state index contributed by atoms with van der Waals surface area (Å²) in [5, 5.41) is 2.76. The van der Waals surface area contributed by atoms with Gasteiger partial charge in [-0.1, -0.05) is 18.2 Å². The van der Waals surface area contributed by atoms with E-state index < -0.39 is 11.7 Å². The normalized spacial score (nSPS) is 10.8. The van der Waals surface area contributed by atoms with Crippen LogP contribution in [-0.4, -0.2) is 42.6 Å². The highest BCUT2D eigenvalue weighted by Crippen LogP contribution is 2.08. The predicted octanol–water partition coefficient (Wildman–Crippen LogP) is 2.28. The van der Waals surface area contributed by atoms with Gasteiger partial charge in [-0.05, 0) is 32.9 Å². The summed E-state index contributed by atoms with van der Waals surface area (Å²) >= 11 is 0. The molecule has 0 aliphatic carbocycles. The van der Waals surface area contributed by atoms with Gasteiger partial charge >= 0.3 is 6.09 Å². The second-order valence-electron chi connectivity index (χ2n) is 5.52. The third-order valence-electron chi connectivity index (χ3n) is 2.47. The van der Waals surface area contributed by atoms with E-state index in [0.717, 1.165) is 0 Å². The first kappa shape index (κ1) is 16.0. The lowest BCUT2D eigenvalue weighted by molar-refractivity contribution is 0.0299. The van der Waals surface area contributed by atoms with Crippen LogP contribution in [0.25, 0.3) is 0 Å². The third-order valence-corrected chi connectivity index (χ3v) is 2.47. The molecule has 1 aromatic rings. The van der Waals surface area contributed by atoms with Crippen LogP contribution in [0.2, 0.25) is 0 Å². The summed E-state index contributed by atoms with van der Waals surface area (Å²) in [4.78, 5) is 24.9. The number of benzene rings is 1. The number of nitrogens with one attached hydrogen (secondary N) is 1. The SMILES string of the molecule is CN(CCNC(=O)c1ccccc1)C(=O)OC(C)(C)C. The van der Waals surface area contributed by atoms with Crippen LogP contribution >= 0.6 is 0 Å². The quantitative estimate of drug-likeness (QED) is 0.919. The van der Waals surface area contributed by atoms with Crippen molar-refractivity contribution in [1.29, 1.82) is 0 Å². The number of amides is 2. The maximum atomic E-state index is 11.8. The Morgan fingerprint density at radius 1 is 1.20 bits per heavy atom. The molecule has 0 unspecified atom stereocenters. The minimum absolute atomic E-state index is 0.150. The number of rotatable bonds is 4. The molecule has 0 heterocycles. The Morgan fingerprint density at radius 2 is 1.80 bits per heavy atom. The molecule has 0 saturated carbocycles. The largest absolute Gasteiger partial charge is 0.444 e. The molecule has 0 saturated heterocycles. The van der Waals surface area contributed by atoms with Crippen LogP contribution in [0.1, 0.15) is 31.1 Å². The number of carbonyl (C=O) groups excluding carboxylic acids is 2. The lowest BCUT2D eigenvalue weighted by Crippen LogP contribution is -2.39. The van der Waals surface area contributed by atoms with Crippen LogP contribution in [0, 0.1) is 0 Å². The van der Waals surface area contributed by atoms with Gasteiger partial charge in [-0.2, -0.15) is 0 Å². The second kappa shape index (κ2) is 6.93. The first-order valence-corrected chi connectivity index (χ1v) is 6.57. The van der Waals surface area contributed by atoms with Crippen molar-refractivity contribution < 1.29 is 14.3 Å². The van der Waals surface area contributed by atoms with Crippen molar-refractivity contribution in [1.82, 2.24) is 10.2 Å². The van der Waals surface area contributed by atoms with Crippen LogP contribution in [0.5, 0.6) is 0 Å². The fraction of sp³-hybridized carbons (Fsp3) is 0.467. The molecular weight excluding hydrogens is 256 g/mol. The van der Waals surface area contributed by atoms with E-state index in [0.29, 0.717) is 18.7 Å². The Bertz CT molecular complexity index is 452. The van der Waals surface area contributed by atoms with E-state index >= 15 is 0 Å². The number of ether oxygens (including phenoxy) is 1. The molecule has 0 spiro atoms. The molecule has 1 aromatic carbocycles. The lowest BCUT2D eigenvalue weighted by atomic mass is 10.2. The average molecular weight is 278 g/mol. The van der Waals surface area contributed by atoms with Crippen LogP contribution in [-0.2, 0) is 4.74 Å². The maximum absolute atomic E-state index is 11.8. The number of hydrogen-bond acceptors (Lipinski definition) is 3. The Kier molecular flexibility index (Phi) is 5.55. The summed E-state index contributed by atoms with van der Waals surface area (Å²) in [6.45, 7) is 6.22. The molecule has 0 aliphatic heterocycles. The van der Waals surface area contributed by atoms with Crippen molar-refractivity contribution in [2.75, 3.05) is 20.1 Å². The lowest BCUT2D eigenvalue weighted by Gasteiger charge is -2.24. The van der Waals surface area contributed by atoms with Crippen LogP contribution < -0.4 is 5.32 Å². The molecular formula is C15H22N2O3. The van der Waals surface area contributed by atoms with Crippen LogP contribution in [0.4, 0.5) is 4.79 Å². The Labute approximate surface area is 119 Å². The van der Waals surface area contributed by atoms with Crippen LogP contribution in [0.15, 0.2) is 30.3 Å². The zero-order valence-electron chi connectivity index (χ0n) is 12.5. The summed E-state index contributed by atoms with van der Waals surface area (Å²) in [5.41, 5.74) is 0.0888. The summed E-state index contributed by atoms with van der Waals surface area (Å²) < 4.78 is 5.22. The van der Waals surface area contributed by atoms with E-state index in [9.17, 15) is 9.59 Å². The molecule has 0 aromatic heterocycles. The molecule has 0 atom stereocenters. The summed E-state index contributed by atoms with van der Waals surface area (Å²) in [7, 11) is 1.64. The van der Waals surface area contributed by atoms with Crippen molar-refractivity contribution in [2.24, 2.45) is 0 Å². The minimum atomic E-state index is -0.515. The van der Waals surface area contributed by atoms with Gasteiger partial charge in [0.15, 0.2) is 0 Å². The second-order valence-corrected chi connectivity index (χ2v) is 5.52. The van der Waals surface area contributed by atoms with Gasteiger partial charge in [-0.25, -0.2) is 4.79 Å². The van der Waals surface area contributed by atoms with E-state index in [1.54, 1.807) is 19.2 Å². The molecule has 1 rings (SSSR count). The van der Waals surface area contributed by atoms with Crippen molar-refractivity contribution in [3.8, 4) is 0 Å². The maximum Gasteiger partial charge on any atom is 0.410 e. The Hall–Kier alpha value is -2.04. The molecule has 5 nitrogen and oxygen atoms in total. The molecule has 2 amide bonds. The molecule has 110 valence electrons. The highest BCUT2D eigenvalue weighted by Gasteiger charge is 2.19. The highest BCUT2D eigenvalue weighted by molar-refractivity contribution is 5.94. The average Bonchev–Trinajstić information content (AvgIpc) is 2.37. The van der Waals surface area contributed by atoms with E-state index in [-0.39, 0.29) is 5.91 Å². The summed E-state index contributed by atoms with van der Waals surface area (Å²) in [6, 6.07) is 8.95.